The largest absolute Gasteiger partial charge is 0.398 e. The third-order valence-corrected chi connectivity index (χ3v) is 4.18. The topological polar surface area (TPSA) is 85.1 Å². The first-order valence-corrected chi connectivity index (χ1v) is 7.29. The Balaban J connectivity index is 2.41. The van der Waals surface area contributed by atoms with Gasteiger partial charge in [-0.05, 0) is 38.1 Å². The summed E-state index contributed by atoms with van der Waals surface area (Å²) in [7, 11) is -3.89. The minimum Gasteiger partial charge on any atom is -0.398 e. The SMILES string of the molecule is Cc1cc(NS(=O)(=O)c2cc(N)c(C)c(F)c2)ccn1. The lowest BCUT2D eigenvalue weighted by Crippen LogP contribution is -2.14. The van der Waals surface area contributed by atoms with Crippen molar-refractivity contribution in [2.45, 2.75) is 18.7 Å². The summed E-state index contributed by atoms with van der Waals surface area (Å²) in [5.41, 5.74) is 6.94. The lowest BCUT2D eigenvalue weighted by atomic mass is 10.2. The van der Waals surface area contributed by atoms with Crippen molar-refractivity contribution in [3.05, 3.63) is 47.5 Å². The zero-order valence-electron chi connectivity index (χ0n) is 11.0. The summed E-state index contributed by atoms with van der Waals surface area (Å²) in [5.74, 6) is -0.656. The van der Waals surface area contributed by atoms with Crippen LogP contribution in [0, 0.1) is 19.7 Å². The van der Waals surface area contributed by atoms with Crippen molar-refractivity contribution >= 4 is 21.4 Å². The van der Waals surface area contributed by atoms with Gasteiger partial charge >= 0.3 is 0 Å². The second-order valence-corrected chi connectivity index (χ2v) is 6.09. The number of hydrogen-bond acceptors (Lipinski definition) is 4. The van der Waals surface area contributed by atoms with Crippen LogP contribution in [-0.2, 0) is 10.0 Å². The first-order chi connectivity index (χ1) is 9.29. The van der Waals surface area contributed by atoms with Crippen LogP contribution in [0.4, 0.5) is 15.8 Å². The number of halogens is 1. The Morgan fingerprint density at radius 3 is 2.55 bits per heavy atom. The highest BCUT2D eigenvalue weighted by Crippen LogP contribution is 2.23. The second-order valence-electron chi connectivity index (χ2n) is 4.41. The summed E-state index contributed by atoms with van der Waals surface area (Å²) in [6, 6.07) is 5.26. The van der Waals surface area contributed by atoms with Crippen LogP contribution in [0.5, 0.6) is 0 Å². The highest BCUT2D eigenvalue weighted by molar-refractivity contribution is 7.92. The van der Waals surface area contributed by atoms with E-state index in [-0.39, 0.29) is 16.1 Å². The molecular formula is C13H14FN3O2S. The zero-order valence-corrected chi connectivity index (χ0v) is 11.8. The molecule has 20 heavy (non-hydrogen) atoms. The Hall–Kier alpha value is -2.15. The molecule has 0 spiro atoms. The number of benzene rings is 1. The smallest absolute Gasteiger partial charge is 0.262 e. The maximum Gasteiger partial charge on any atom is 0.262 e. The van der Waals surface area contributed by atoms with Crippen molar-refractivity contribution in [3.63, 3.8) is 0 Å². The van der Waals surface area contributed by atoms with E-state index >= 15 is 0 Å². The zero-order chi connectivity index (χ0) is 14.9. The van der Waals surface area contributed by atoms with Gasteiger partial charge in [0, 0.05) is 23.1 Å². The van der Waals surface area contributed by atoms with Crippen LogP contribution in [0.1, 0.15) is 11.3 Å². The van der Waals surface area contributed by atoms with E-state index in [1.54, 1.807) is 13.0 Å². The Labute approximate surface area is 116 Å². The van der Waals surface area contributed by atoms with Gasteiger partial charge in [-0.25, -0.2) is 12.8 Å². The lowest BCUT2D eigenvalue weighted by molar-refractivity contribution is 0.593. The van der Waals surface area contributed by atoms with E-state index in [4.69, 9.17) is 5.73 Å². The molecule has 1 aromatic carbocycles. The van der Waals surface area contributed by atoms with E-state index < -0.39 is 15.8 Å². The maximum absolute atomic E-state index is 13.6. The quantitative estimate of drug-likeness (QED) is 0.850. The summed E-state index contributed by atoms with van der Waals surface area (Å²) in [4.78, 5) is 3.75. The second kappa shape index (κ2) is 5.09. The lowest BCUT2D eigenvalue weighted by Gasteiger charge is -2.10. The average Bonchev–Trinajstić information content (AvgIpc) is 2.34. The standard InChI is InChI=1S/C13H14FN3O2S/c1-8-5-10(3-4-16-8)17-20(18,19)11-6-12(14)9(2)13(15)7-11/h3-7H,15H2,1-2H3,(H,16,17). The van der Waals surface area contributed by atoms with Crippen LogP contribution in [0.25, 0.3) is 0 Å². The number of hydrogen-bond donors (Lipinski definition) is 2. The molecule has 106 valence electrons. The van der Waals surface area contributed by atoms with E-state index in [1.165, 1.54) is 25.3 Å². The molecular weight excluding hydrogens is 281 g/mol. The Kier molecular flexibility index (Phi) is 3.63. The number of anilines is 2. The Bertz CT molecular complexity index is 737. The van der Waals surface area contributed by atoms with Crippen LogP contribution in [0.2, 0.25) is 0 Å². The monoisotopic (exact) mass is 295 g/mol. The van der Waals surface area contributed by atoms with Gasteiger partial charge in [0.1, 0.15) is 5.82 Å². The van der Waals surface area contributed by atoms with Crippen LogP contribution in [0.3, 0.4) is 0 Å². The minimum atomic E-state index is -3.89. The van der Waals surface area contributed by atoms with Crippen molar-refractivity contribution in [1.29, 1.82) is 0 Å². The van der Waals surface area contributed by atoms with Crippen LogP contribution in [-0.4, -0.2) is 13.4 Å². The predicted octanol–water partition coefficient (Wildman–Crippen LogP) is 2.22. The number of rotatable bonds is 3. The van der Waals surface area contributed by atoms with Gasteiger partial charge in [0.05, 0.1) is 10.6 Å². The molecule has 0 aliphatic rings. The number of nitrogens with one attached hydrogen (secondary N) is 1. The molecule has 7 heteroatoms. The fraction of sp³-hybridized carbons (Fsp3) is 0.154. The molecule has 0 saturated carbocycles. The van der Waals surface area contributed by atoms with E-state index in [9.17, 15) is 12.8 Å². The fourth-order valence-corrected chi connectivity index (χ4v) is 2.75. The van der Waals surface area contributed by atoms with Gasteiger partial charge < -0.3 is 5.73 Å². The van der Waals surface area contributed by atoms with E-state index in [0.717, 1.165) is 6.07 Å². The molecule has 0 bridgehead atoms. The molecule has 1 aromatic heterocycles. The molecule has 0 radical (unpaired) electrons. The molecule has 0 aliphatic heterocycles. The van der Waals surface area contributed by atoms with E-state index in [0.29, 0.717) is 11.4 Å². The first kappa shape index (κ1) is 14.3. The van der Waals surface area contributed by atoms with Crippen molar-refractivity contribution < 1.29 is 12.8 Å². The van der Waals surface area contributed by atoms with Gasteiger partial charge in [0.15, 0.2) is 0 Å². The molecule has 0 atom stereocenters. The Morgan fingerprint density at radius 1 is 1.25 bits per heavy atom. The van der Waals surface area contributed by atoms with Crippen molar-refractivity contribution in [2.75, 3.05) is 10.5 Å². The normalized spacial score (nSPS) is 11.3. The highest BCUT2D eigenvalue weighted by Gasteiger charge is 2.17. The summed E-state index contributed by atoms with van der Waals surface area (Å²) in [5, 5.41) is 0. The molecule has 3 N–H and O–H groups in total. The van der Waals surface area contributed by atoms with Gasteiger partial charge in [-0.15, -0.1) is 0 Å². The van der Waals surface area contributed by atoms with Gasteiger partial charge in [-0.3, -0.25) is 9.71 Å². The third-order valence-electron chi connectivity index (χ3n) is 2.82. The molecule has 2 rings (SSSR count). The molecule has 0 aliphatic carbocycles. The van der Waals surface area contributed by atoms with Crippen molar-refractivity contribution in [1.82, 2.24) is 4.98 Å². The van der Waals surface area contributed by atoms with Gasteiger partial charge in [-0.2, -0.15) is 0 Å². The Morgan fingerprint density at radius 2 is 1.95 bits per heavy atom. The van der Waals surface area contributed by atoms with Gasteiger partial charge in [0.2, 0.25) is 0 Å². The molecule has 1 heterocycles. The summed E-state index contributed by atoms with van der Waals surface area (Å²) < 4.78 is 40.3. The maximum atomic E-state index is 13.6. The minimum absolute atomic E-state index is 0.0938. The van der Waals surface area contributed by atoms with Crippen LogP contribution in [0.15, 0.2) is 35.4 Å². The molecule has 2 aromatic rings. The summed E-state index contributed by atoms with van der Waals surface area (Å²) >= 11 is 0. The predicted molar refractivity (Wildman–Crippen MR) is 75.3 cm³/mol. The number of nitrogens with zero attached hydrogens (tertiary/aromatic N) is 1. The number of aromatic nitrogens is 1. The number of nitrogen functional groups attached to an aromatic ring is 1. The highest BCUT2D eigenvalue weighted by atomic mass is 32.2. The molecule has 0 fully saturated rings. The summed E-state index contributed by atoms with van der Waals surface area (Å²) in [6.45, 7) is 3.22. The van der Waals surface area contributed by atoms with Gasteiger partial charge in [-0.1, -0.05) is 0 Å². The first-order valence-electron chi connectivity index (χ1n) is 5.81. The van der Waals surface area contributed by atoms with Crippen LogP contribution < -0.4 is 10.5 Å². The molecule has 0 saturated heterocycles. The number of aryl methyl sites for hydroxylation is 1. The molecule has 5 nitrogen and oxygen atoms in total. The van der Waals surface area contributed by atoms with Crippen molar-refractivity contribution in [2.24, 2.45) is 0 Å². The van der Waals surface area contributed by atoms with Crippen LogP contribution >= 0.6 is 0 Å². The van der Waals surface area contributed by atoms with Crippen molar-refractivity contribution in [3.8, 4) is 0 Å². The molecule has 0 unspecified atom stereocenters. The average molecular weight is 295 g/mol. The van der Waals surface area contributed by atoms with E-state index in [2.05, 4.69) is 9.71 Å². The number of nitrogens with two attached hydrogens (primary N) is 1. The number of sulfonamides is 1. The molecule has 0 amide bonds. The number of pyridine rings is 1. The third kappa shape index (κ3) is 2.88. The fourth-order valence-electron chi connectivity index (χ4n) is 1.65. The summed E-state index contributed by atoms with van der Waals surface area (Å²) in [6.07, 6.45) is 1.48. The van der Waals surface area contributed by atoms with Gasteiger partial charge in [0.25, 0.3) is 10.0 Å². The van der Waals surface area contributed by atoms with E-state index in [1.807, 2.05) is 0 Å².